The summed E-state index contributed by atoms with van der Waals surface area (Å²) in [6.07, 6.45) is 2.41. The number of para-hydroxylation sites is 1. The molecule has 5 nitrogen and oxygen atoms in total. The standard InChI is InChI=1S/C20H31NO4/c1-14(2)13-23-18-12-8-7-11-17(21)20(22)24-15(3)19(18)25-16-9-5-4-6-10-16/h4-6,9-10,14-15,17-19H,7-8,11-13,21H2,1-3H3/t15-,17-,18-,19-/m0/s1. The molecular formula is C20H31NO4. The van der Waals surface area contributed by atoms with Crippen LogP contribution in [0.1, 0.15) is 46.5 Å². The first-order valence-corrected chi connectivity index (χ1v) is 9.26. The second-order valence-electron chi connectivity index (χ2n) is 7.19. The summed E-state index contributed by atoms with van der Waals surface area (Å²) in [5.41, 5.74) is 5.91. The van der Waals surface area contributed by atoms with Gasteiger partial charge in [-0.2, -0.15) is 0 Å². The molecule has 0 radical (unpaired) electrons. The Morgan fingerprint density at radius 2 is 1.88 bits per heavy atom. The molecule has 1 aliphatic rings. The fourth-order valence-corrected chi connectivity index (χ4v) is 2.95. The molecule has 4 atom stereocenters. The van der Waals surface area contributed by atoms with Gasteiger partial charge in [-0.1, -0.05) is 44.9 Å². The number of ether oxygens (including phenoxy) is 3. The summed E-state index contributed by atoms with van der Waals surface area (Å²) in [7, 11) is 0. The second kappa shape index (κ2) is 9.78. The Hall–Kier alpha value is -1.59. The predicted molar refractivity (Wildman–Crippen MR) is 97.4 cm³/mol. The summed E-state index contributed by atoms with van der Waals surface area (Å²) in [5.74, 6) is 0.813. The van der Waals surface area contributed by atoms with E-state index in [4.69, 9.17) is 19.9 Å². The molecule has 140 valence electrons. The van der Waals surface area contributed by atoms with Crippen molar-refractivity contribution in [3.05, 3.63) is 30.3 Å². The van der Waals surface area contributed by atoms with Gasteiger partial charge in [-0.15, -0.1) is 0 Å². The molecule has 1 heterocycles. The van der Waals surface area contributed by atoms with Gasteiger partial charge in [0.15, 0.2) is 6.10 Å². The molecule has 1 aromatic rings. The van der Waals surface area contributed by atoms with Crippen molar-refractivity contribution in [2.45, 2.75) is 70.8 Å². The van der Waals surface area contributed by atoms with Crippen LogP contribution in [-0.2, 0) is 14.3 Å². The minimum atomic E-state index is -0.562. The van der Waals surface area contributed by atoms with E-state index in [1.807, 2.05) is 37.3 Å². The van der Waals surface area contributed by atoms with Gasteiger partial charge < -0.3 is 19.9 Å². The molecule has 1 aliphatic heterocycles. The molecule has 25 heavy (non-hydrogen) atoms. The molecule has 0 saturated carbocycles. The van der Waals surface area contributed by atoms with E-state index in [1.54, 1.807) is 0 Å². The number of carbonyl (C=O) groups is 1. The van der Waals surface area contributed by atoms with Gasteiger partial charge in [0.2, 0.25) is 0 Å². The largest absolute Gasteiger partial charge is 0.484 e. The minimum absolute atomic E-state index is 0.125. The Bertz CT molecular complexity index is 520. The fraction of sp³-hybridized carbons (Fsp3) is 0.650. The van der Waals surface area contributed by atoms with Gasteiger partial charge in [-0.3, -0.25) is 4.79 Å². The summed E-state index contributed by atoms with van der Waals surface area (Å²) in [6, 6.07) is 9.03. The highest BCUT2D eigenvalue weighted by Gasteiger charge is 2.34. The molecule has 0 aliphatic carbocycles. The minimum Gasteiger partial charge on any atom is -0.484 e. The van der Waals surface area contributed by atoms with Crippen molar-refractivity contribution in [1.29, 1.82) is 0 Å². The summed E-state index contributed by atoms with van der Waals surface area (Å²) >= 11 is 0. The molecule has 0 amide bonds. The monoisotopic (exact) mass is 349 g/mol. The fourth-order valence-electron chi connectivity index (χ4n) is 2.95. The lowest BCUT2D eigenvalue weighted by Crippen LogP contribution is -2.47. The maximum Gasteiger partial charge on any atom is 0.323 e. The zero-order chi connectivity index (χ0) is 18.2. The van der Waals surface area contributed by atoms with Crippen molar-refractivity contribution in [2.75, 3.05) is 6.61 Å². The van der Waals surface area contributed by atoms with Gasteiger partial charge in [0.25, 0.3) is 0 Å². The number of nitrogens with two attached hydrogens (primary N) is 1. The number of benzene rings is 1. The average molecular weight is 349 g/mol. The van der Waals surface area contributed by atoms with Gasteiger partial charge >= 0.3 is 5.97 Å². The normalized spacial score (nSPS) is 28.4. The number of rotatable bonds is 5. The van der Waals surface area contributed by atoms with Crippen LogP contribution in [0.15, 0.2) is 30.3 Å². The van der Waals surface area contributed by atoms with E-state index in [-0.39, 0.29) is 18.2 Å². The summed E-state index contributed by atoms with van der Waals surface area (Å²) in [5, 5.41) is 0. The van der Waals surface area contributed by atoms with E-state index in [0.717, 1.165) is 25.0 Å². The first-order chi connectivity index (χ1) is 12.0. The van der Waals surface area contributed by atoms with Gasteiger partial charge in [0, 0.05) is 6.61 Å². The Balaban J connectivity index is 2.19. The first-order valence-electron chi connectivity index (χ1n) is 9.26. The molecule has 0 unspecified atom stereocenters. The molecule has 1 saturated heterocycles. The van der Waals surface area contributed by atoms with Crippen LogP contribution >= 0.6 is 0 Å². The lowest BCUT2D eigenvalue weighted by molar-refractivity contribution is -0.161. The van der Waals surface area contributed by atoms with Gasteiger partial charge in [-0.25, -0.2) is 0 Å². The van der Waals surface area contributed by atoms with E-state index >= 15 is 0 Å². The summed E-state index contributed by atoms with van der Waals surface area (Å²) in [6.45, 7) is 6.75. The SMILES string of the molecule is CC(C)CO[C@H]1CCCC[C@H](N)C(=O)O[C@@H](C)[C@@H]1Oc1ccccc1. The summed E-state index contributed by atoms with van der Waals surface area (Å²) in [4.78, 5) is 12.2. The topological polar surface area (TPSA) is 70.8 Å². The van der Waals surface area contributed by atoms with Gasteiger partial charge in [-0.05, 0) is 37.8 Å². The van der Waals surface area contributed by atoms with Gasteiger partial charge in [0.05, 0.1) is 6.10 Å². The number of hydrogen-bond donors (Lipinski definition) is 1. The quantitative estimate of drug-likeness (QED) is 0.826. The number of carbonyl (C=O) groups excluding carboxylic acids is 1. The van der Waals surface area contributed by atoms with Crippen LogP contribution in [0.5, 0.6) is 5.75 Å². The molecule has 2 N–H and O–H groups in total. The van der Waals surface area contributed by atoms with Crippen LogP contribution in [0.25, 0.3) is 0 Å². The number of cyclic esters (lactones) is 1. The maximum atomic E-state index is 12.2. The Kier molecular flexibility index (Phi) is 7.72. The van der Waals surface area contributed by atoms with E-state index < -0.39 is 12.1 Å². The highest BCUT2D eigenvalue weighted by atomic mass is 16.6. The molecule has 0 bridgehead atoms. The maximum absolute atomic E-state index is 12.2. The Morgan fingerprint density at radius 1 is 1.20 bits per heavy atom. The van der Waals surface area contributed by atoms with E-state index in [2.05, 4.69) is 13.8 Å². The Labute approximate surface area is 150 Å². The van der Waals surface area contributed by atoms with Crippen LogP contribution < -0.4 is 10.5 Å². The third kappa shape index (κ3) is 6.33. The molecule has 2 rings (SSSR count). The zero-order valence-corrected chi connectivity index (χ0v) is 15.5. The molecule has 5 heteroatoms. The molecule has 1 aromatic carbocycles. The van der Waals surface area contributed by atoms with Crippen LogP contribution in [-0.4, -0.2) is 36.9 Å². The lowest BCUT2D eigenvalue weighted by Gasteiger charge is -2.33. The Morgan fingerprint density at radius 3 is 2.56 bits per heavy atom. The van der Waals surface area contributed by atoms with E-state index in [1.165, 1.54) is 0 Å². The second-order valence-corrected chi connectivity index (χ2v) is 7.19. The third-order valence-corrected chi connectivity index (χ3v) is 4.35. The van der Waals surface area contributed by atoms with Crippen molar-refractivity contribution in [3.8, 4) is 5.75 Å². The van der Waals surface area contributed by atoms with Crippen molar-refractivity contribution in [2.24, 2.45) is 11.7 Å². The van der Waals surface area contributed by atoms with Crippen LogP contribution in [0.3, 0.4) is 0 Å². The van der Waals surface area contributed by atoms with E-state index in [9.17, 15) is 4.79 Å². The smallest absolute Gasteiger partial charge is 0.323 e. The summed E-state index contributed by atoms with van der Waals surface area (Å²) < 4.78 is 17.9. The van der Waals surface area contributed by atoms with Crippen molar-refractivity contribution in [1.82, 2.24) is 0 Å². The van der Waals surface area contributed by atoms with Crippen LogP contribution in [0.2, 0.25) is 0 Å². The number of hydrogen-bond acceptors (Lipinski definition) is 5. The van der Waals surface area contributed by atoms with Crippen LogP contribution in [0, 0.1) is 5.92 Å². The number of esters is 1. The van der Waals surface area contributed by atoms with Crippen LogP contribution in [0.4, 0.5) is 0 Å². The predicted octanol–water partition coefficient (Wildman–Crippen LogP) is 3.31. The lowest BCUT2D eigenvalue weighted by atomic mass is 9.99. The van der Waals surface area contributed by atoms with Gasteiger partial charge in [0.1, 0.15) is 17.9 Å². The van der Waals surface area contributed by atoms with E-state index in [0.29, 0.717) is 18.9 Å². The van der Waals surface area contributed by atoms with Crippen molar-refractivity contribution >= 4 is 5.97 Å². The molecule has 1 fully saturated rings. The first kappa shape index (κ1) is 19.7. The average Bonchev–Trinajstić information content (AvgIpc) is 2.59. The molecule has 0 aromatic heterocycles. The zero-order valence-electron chi connectivity index (χ0n) is 15.5. The molecular weight excluding hydrogens is 318 g/mol. The highest BCUT2D eigenvalue weighted by molar-refractivity contribution is 5.75. The third-order valence-electron chi connectivity index (χ3n) is 4.35. The van der Waals surface area contributed by atoms with Crippen molar-refractivity contribution < 1.29 is 19.0 Å². The highest BCUT2D eigenvalue weighted by Crippen LogP contribution is 2.24. The van der Waals surface area contributed by atoms with Crippen molar-refractivity contribution in [3.63, 3.8) is 0 Å². The molecule has 0 spiro atoms.